The molecule has 1 atom stereocenters. The largest absolute Gasteiger partial charge is 0.395 e. The molecule has 0 amide bonds. The number of aliphatic hydroxyl groups is 1. The summed E-state index contributed by atoms with van der Waals surface area (Å²) < 4.78 is 0. The Bertz CT molecular complexity index is 624. The minimum atomic E-state index is -0.105. The fourth-order valence-electron chi connectivity index (χ4n) is 3.88. The maximum Gasteiger partial charge on any atom is 0.0531 e. The third-order valence-electron chi connectivity index (χ3n) is 5.15. The van der Waals surface area contributed by atoms with Crippen LogP contribution >= 0.6 is 0 Å². The van der Waals surface area contributed by atoms with E-state index in [2.05, 4.69) is 56.3 Å². The van der Waals surface area contributed by atoms with Gasteiger partial charge in [0.25, 0.3) is 0 Å². The standard InChI is InChI=1S/C20H24O/c1-15-7-5-8-16(2)18(15)13-20(14-21)12-6-10-17-9-3-4-11-19(17)20/h3-5,7-9,11,21H,6,10,12-14H2,1-2H3. The molecular weight excluding hydrogens is 256 g/mol. The zero-order valence-corrected chi connectivity index (χ0v) is 13.0. The van der Waals surface area contributed by atoms with Crippen molar-refractivity contribution in [2.24, 2.45) is 0 Å². The van der Waals surface area contributed by atoms with E-state index in [0.717, 1.165) is 19.3 Å². The lowest BCUT2D eigenvalue weighted by Gasteiger charge is -2.38. The van der Waals surface area contributed by atoms with Gasteiger partial charge in [-0.25, -0.2) is 0 Å². The molecule has 3 rings (SSSR count). The van der Waals surface area contributed by atoms with Gasteiger partial charge >= 0.3 is 0 Å². The molecule has 1 nitrogen and oxygen atoms in total. The zero-order valence-electron chi connectivity index (χ0n) is 13.0. The van der Waals surface area contributed by atoms with Crippen molar-refractivity contribution in [2.75, 3.05) is 6.61 Å². The van der Waals surface area contributed by atoms with E-state index in [0.29, 0.717) is 0 Å². The summed E-state index contributed by atoms with van der Waals surface area (Å²) in [5.74, 6) is 0. The number of aryl methyl sites for hydroxylation is 3. The molecule has 0 saturated heterocycles. The van der Waals surface area contributed by atoms with Gasteiger partial charge in [0.15, 0.2) is 0 Å². The molecule has 2 aromatic rings. The van der Waals surface area contributed by atoms with Crippen LogP contribution in [-0.2, 0) is 18.3 Å². The molecule has 1 heteroatoms. The molecule has 1 aliphatic rings. The Balaban J connectivity index is 2.07. The summed E-state index contributed by atoms with van der Waals surface area (Å²) in [5.41, 5.74) is 6.76. The first-order valence-corrected chi connectivity index (χ1v) is 7.91. The Kier molecular flexibility index (Phi) is 3.86. The molecule has 0 saturated carbocycles. The molecule has 0 radical (unpaired) electrons. The average Bonchev–Trinajstić information content (AvgIpc) is 2.51. The van der Waals surface area contributed by atoms with Crippen LogP contribution in [-0.4, -0.2) is 11.7 Å². The number of hydrogen-bond acceptors (Lipinski definition) is 1. The van der Waals surface area contributed by atoms with Crippen molar-refractivity contribution in [2.45, 2.75) is 44.9 Å². The van der Waals surface area contributed by atoms with Crippen LogP contribution in [0.2, 0.25) is 0 Å². The SMILES string of the molecule is Cc1cccc(C)c1CC1(CO)CCCc2ccccc21. The molecule has 0 aliphatic heterocycles. The van der Waals surface area contributed by atoms with E-state index in [1.165, 1.54) is 34.2 Å². The van der Waals surface area contributed by atoms with Crippen LogP contribution in [0.1, 0.15) is 40.7 Å². The highest BCUT2D eigenvalue weighted by Crippen LogP contribution is 2.40. The summed E-state index contributed by atoms with van der Waals surface area (Å²) in [4.78, 5) is 0. The molecule has 0 heterocycles. The van der Waals surface area contributed by atoms with Gasteiger partial charge < -0.3 is 5.11 Å². The maximum atomic E-state index is 10.2. The number of benzene rings is 2. The number of aliphatic hydroxyl groups excluding tert-OH is 1. The molecule has 2 aromatic carbocycles. The van der Waals surface area contributed by atoms with E-state index >= 15 is 0 Å². The lowest BCUT2D eigenvalue weighted by Crippen LogP contribution is -2.37. The van der Waals surface area contributed by atoms with Gasteiger partial charge in [-0.1, -0.05) is 42.5 Å². The second kappa shape index (κ2) is 5.65. The predicted molar refractivity (Wildman–Crippen MR) is 87.8 cm³/mol. The van der Waals surface area contributed by atoms with E-state index < -0.39 is 0 Å². The third kappa shape index (κ3) is 2.51. The molecule has 1 aliphatic carbocycles. The van der Waals surface area contributed by atoms with Crippen LogP contribution < -0.4 is 0 Å². The summed E-state index contributed by atoms with van der Waals surface area (Å²) in [7, 11) is 0. The average molecular weight is 280 g/mol. The Morgan fingerprint density at radius 3 is 2.43 bits per heavy atom. The van der Waals surface area contributed by atoms with E-state index in [1.807, 2.05) is 0 Å². The highest BCUT2D eigenvalue weighted by Gasteiger charge is 2.36. The molecule has 0 spiro atoms. The minimum absolute atomic E-state index is 0.105. The highest BCUT2D eigenvalue weighted by molar-refractivity contribution is 5.42. The van der Waals surface area contributed by atoms with Crippen molar-refractivity contribution in [1.82, 2.24) is 0 Å². The third-order valence-corrected chi connectivity index (χ3v) is 5.15. The fourth-order valence-corrected chi connectivity index (χ4v) is 3.88. The predicted octanol–water partition coefficient (Wildman–Crippen LogP) is 4.11. The summed E-state index contributed by atoms with van der Waals surface area (Å²) in [5, 5.41) is 10.2. The lowest BCUT2D eigenvalue weighted by molar-refractivity contribution is 0.173. The van der Waals surface area contributed by atoms with Crippen LogP contribution in [0.15, 0.2) is 42.5 Å². The molecule has 0 aromatic heterocycles. The van der Waals surface area contributed by atoms with Crippen LogP contribution in [0.3, 0.4) is 0 Å². The topological polar surface area (TPSA) is 20.2 Å². The molecule has 0 bridgehead atoms. The number of fused-ring (bicyclic) bond motifs is 1. The number of rotatable bonds is 3. The lowest BCUT2D eigenvalue weighted by atomic mass is 9.66. The Hall–Kier alpha value is -1.60. The summed E-state index contributed by atoms with van der Waals surface area (Å²) in [6, 6.07) is 15.2. The minimum Gasteiger partial charge on any atom is -0.395 e. The first kappa shape index (κ1) is 14.3. The van der Waals surface area contributed by atoms with Crippen molar-refractivity contribution in [3.05, 3.63) is 70.3 Å². The summed E-state index contributed by atoms with van der Waals surface area (Å²) in [6.07, 6.45) is 4.33. The van der Waals surface area contributed by atoms with Crippen LogP contribution in [0, 0.1) is 13.8 Å². The van der Waals surface area contributed by atoms with E-state index in [1.54, 1.807) is 0 Å². The van der Waals surface area contributed by atoms with Gasteiger partial charge in [0.05, 0.1) is 6.61 Å². The van der Waals surface area contributed by atoms with Gasteiger partial charge in [0, 0.05) is 5.41 Å². The molecule has 0 fully saturated rings. The van der Waals surface area contributed by atoms with Gasteiger partial charge in [0.2, 0.25) is 0 Å². The highest BCUT2D eigenvalue weighted by atomic mass is 16.3. The van der Waals surface area contributed by atoms with E-state index in [4.69, 9.17) is 0 Å². The van der Waals surface area contributed by atoms with Crippen molar-refractivity contribution in [3.8, 4) is 0 Å². The van der Waals surface area contributed by atoms with Gasteiger partial charge in [-0.05, 0) is 67.3 Å². The zero-order chi connectivity index (χ0) is 14.9. The van der Waals surface area contributed by atoms with Crippen molar-refractivity contribution in [3.63, 3.8) is 0 Å². The molecule has 21 heavy (non-hydrogen) atoms. The molecule has 110 valence electrons. The van der Waals surface area contributed by atoms with E-state index in [9.17, 15) is 5.11 Å². The van der Waals surface area contributed by atoms with Crippen LogP contribution in [0.25, 0.3) is 0 Å². The van der Waals surface area contributed by atoms with Crippen LogP contribution in [0.5, 0.6) is 0 Å². The summed E-state index contributed by atoms with van der Waals surface area (Å²) >= 11 is 0. The Morgan fingerprint density at radius 1 is 1.00 bits per heavy atom. The maximum absolute atomic E-state index is 10.2. The first-order valence-electron chi connectivity index (χ1n) is 7.91. The second-order valence-electron chi connectivity index (χ2n) is 6.50. The smallest absolute Gasteiger partial charge is 0.0531 e. The second-order valence-corrected chi connectivity index (χ2v) is 6.50. The van der Waals surface area contributed by atoms with Gasteiger partial charge in [-0.15, -0.1) is 0 Å². The van der Waals surface area contributed by atoms with Gasteiger partial charge in [0.1, 0.15) is 0 Å². The van der Waals surface area contributed by atoms with Gasteiger partial charge in [-0.3, -0.25) is 0 Å². The number of hydrogen-bond donors (Lipinski definition) is 1. The Morgan fingerprint density at radius 2 is 1.71 bits per heavy atom. The Labute approximate surface area is 127 Å². The van der Waals surface area contributed by atoms with Crippen molar-refractivity contribution < 1.29 is 5.11 Å². The summed E-state index contributed by atoms with van der Waals surface area (Å²) in [6.45, 7) is 4.60. The normalized spacial score (nSPS) is 21.1. The molecule has 1 unspecified atom stereocenters. The fraction of sp³-hybridized carbons (Fsp3) is 0.400. The quantitative estimate of drug-likeness (QED) is 0.897. The monoisotopic (exact) mass is 280 g/mol. The molecule has 1 N–H and O–H groups in total. The molecular formula is C20H24O. The van der Waals surface area contributed by atoms with Gasteiger partial charge in [-0.2, -0.15) is 0 Å². The van der Waals surface area contributed by atoms with Crippen LogP contribution in [0.4, 0.5) is 0 Å². The van der Waals surface area contributed by atoms with Crippen molar-refractivity contribution >= 4 is 0 Å². The van der Waals surface area contributed by atoms with E-state index in [-0.39, 0.29) is 12.0 Å². The van der Waals surface area contributed by atoms with Crippen molar-refractivity contribution in [1.29, 1.82) is 0 Å². The first-order chi connectivity index (χ1) is 10.2.